The molecular weight excluding hydrogens is 408 g/mol. The number of hydrogen-bond acceptors (Lipinski definition) is 6. The van der Waals surface area contributed by atoms with Gasteiger partial charge in [-0.15, -0.1) is 0 Å². The minimum Gasteiger partial charge on any atom is -0.493 e. The minimum atomic E-state index is -1.90. The van der Waals surface area contributed by atoms with E-state index in [0.29, 0.717) is 35.0 Å². The van der Waals surface area contributed by atoms with Crippen molar-refractivity contribution in [2.24, 2.45) is 0 Å². The van der Waals surface area contributed by atoms with Crippen molar-refractivity contribution in [3.8, 4) is 11.5 Å². The van der Waals surface area contributed by atoms with Crippen molar-refractivity contribution in [3.05, 3.63) is 53.6 Å². The number of benzene rings is 2. The van der Waals surface area contributed by atoms with E-state index in [1.807, 2.05) is 12.1 Å². The fraction of sp³-hybridized carbons (Fsp3) is 0.440. The molecule has 0 radical (unpaired) electrons. The zero-order valence-corrected chi connectivity index (χ0v) is 18.7. The monoisotopic (exact) mass is 438 g/mol. The molecule has 2 aliphatic rings. The van der Waals surface area contributed by atoms with E-state index in [2.05, 4.69) is 4.90 Å². The summed E-state index contributed by atoms with van der Waals surface area (Å²) in [4.78, 5) is 30.5. The summed E-state index contributed by atoms with van der Waals surface area (Å²) < 4.78 is 10.5. The van der Waals surface area contributed by atoms with Gasteiger partial charge in [0.15, 0.2) is 22.9 Å². The molecule has 1 N–H and O–H groups in total. The number of aliphatic hydroxyl groups is 1. The van der Waals surface area contributed by atoms with Gasteiger partial charge in [0.05, 0.1) is 33.0 Å². The average molecular weight is 439 g/mol. The standard InChI is InChI=1S/C25H30N2O5/c1-31-22-12-11-18(15-23(22)32-2)21(28)16-25(30)19-9-5-6-10-20(19)27(24(25)29)17-26-13-7-3-4-8-14-26/h5-6,9-12,15,30H,3-4,7-8,13-14,16-17H2,1-2H3. The van der Waals surface area contributed by atoms with Gasteiger partial charge in [0, 0.05) is 11.1 Å². The van der Waals surface area contributed by atoms with Crippen LogP contribution in [0, 0.1) is 0 Å². The Labute approximate surface area is 188 Å². The number of rotatable bonds is 7. The topological polar surface area (TPSA) is 79.3 Å². The van der Waals surface area contributed by atoms with Crippen molar-refractivity contribution in [3.63, 3.8) is 0 Å². The molecule has 0 aliphatic carbocycles. The van der Waals surface area contributed by atoms with Gasteiger partial charge >= 0.3 is 0 Å². The number of hydrogen-bond donors (Lipinski definition) is 1. The van der Waals surface area contributed by atoms with E-state index >= 15 is 0 Å². The van der Waals surface area contributed by atoms with Crippen LogP contribution in [-0.4, -0.2) is 55.7 Å². The molecule has 0 bridgehead atoms. The molecular formula is C25H30N2O5. The molecule has 2 aliphatic heterocycles. The second-order valence-corrected chi connectivity index (χ2v) is 8.45. The Morgan fingerprint density at radius 2 is 1.69 bits per heavy atom. The zero-order valence-electron chi connectivity index (χ0n) is 18.7. The van der Waals surface area contributed by atoms with Crippen LogP contribution in [0.3, 0.4) is 0 Å². The first-order valence-corrected chi connectivity index (χ1v) is 11.1. The van der Waals surface area contributed by atoms with Crippen LogP contribution in [0.5, 0.6) is 11.5 Å². The first-order valence-electron chi connectivity index (χ1n) is 11.1. The van der Waals surface area contributed by atoms with Crippen LogP contribution in [0.2, 0.25) is 0 Å². The zero-order chi connectivity index (χ0) is 22.7. The Morgan fingerprint density at radius 3 is 2.38 bits per heavy atom. The maximum absolute atomic E-state index is 13.5. The molecule has 4 rings (SSSR count). The van der Waals surface area contributed by atoms with Crippen molar-refractivity contribution in [1.82, 2.24) is 4.90 Å². The molecule has 1 amide bonds. The first kappa shape index (κ1) is 22.3. The molecule has 2 heterocycles. The van der Waals surface area contributed by atoms with Crippen molar-refractivity contribution >= 4 is 17.4 Å². The van der Waals surface area contributed by atoms with Crippen molar-refractivity contribution in [2.75, 3.05) is 38.9 Å². The number of methoxy groups -OCH3 is 2. The molecule has 1 saturated heterocycles. The quantitative estimate of drug-likeness (QED) is 0.668. The number of nitrogens with zero attached hydrogens (tertiary/aromatic N) is 2. The van der Waals surface area contributed by atoms with Gasteiger partial charge < -0.3 is 14.6 Å². The third-order valence-electron chi connectivity index (χ3n) is 6.40. The highest BCUT2D eigenvalue weighted by molar-refractivity contribution is 6.10. The normalized spacial score (nSPS) is 21.2. The van der Waals surface area contributed by atoms with Crippen LogP contribution in [0.1, 0.15) is 48.0 Å². The Morgan fingerprint density at radius 1 is 1.00 bits per heavy atom. The number of likely N-dealkylation sites (tertiary alicyclic amines) is 1. The minimum absolute atomic E-state index is 0.338. The maximum atomic E-state index is 13.5. The molecule has 7 heteroatoms. The molecule has 7 nitrogen and oxygen atoms in total. The number of carbonyl (C=O) groups excluding carboxylic acids is 2. The lowest BCUT2D eigenvalue weighted by atomic mass is 9.88. The summed E-state index contributed by atoms with van der Waals surface area (Å²) in [7, 11) is 3.02. The number of ether oxygens (including phenoxy) is 2. The van der Waals surface area contributed by atoms with Gasteiger partial charge in [-0.1, -0.05) is 31.0 Å². The molecule has 0 aromatic heterocycles. The number of Topliss-reactive ketones (excluding diaryl/α,β-unsaturated/α-hetero) is 1. The Balaban J connectivity index is 1.60. The van der Waals surface area contributed by atoms with E-state index in [4.69, 9.17) is 9.47 Å². The number of fused-ring (bicyclic) bond motifs is 1. The summed E-state index contributed by atoms with van der Waals surface area (Å²) in [5.41, 5.74) is -0.391. The number of anilines is 1. The van der Waals surface area contributed by atoms with Gasteiger partial charge in [0.25, 0.3) is 5.91 Å². The van der Waals surface area contributed by atoms with E-state index in [9.17, 15) is 14.7 Å². The third-order valence-corrected chi connectivity index (χ3v) is 6.40. The lowest BCUT2D eigenvalue weighted by molar-refractivity contribution is -0.136. The maximum Gasteiger partial charge on any atom is 0.265 e. The summed E-state index contributed by atoms with van der Waals surface area (Å²) in [6.45, 7) is 2.27. The van der Waals surface area contributed by atoms with Gasteiger partial charge in [-0.05, 0) is 50.2 Å². The molecule has 1 atom stereocenters. The highest BCUT2D eigenvalue weighted by atomic mass is 16.5. The molecule has 2 aromatic rings. The molecule has 1 fully saturated rings. The fourth-order valence-corrected chi connectivity index (χ4v) is 4.64. The molecule has 2 aromatic carbocycles. The van der Waals surface area contributed by atoms with Crippen LogP contribution >= 0.6 is 0 Å². The molecule has 0 spiro atoms. The van der Waals surface area contributed by atoms with Gasteiger partial charge in [0.2, 0.25) is 0 Å². The summed E-state index contributed by atoms with van der Waals surface area (Å²) >= 11 is 0. The SMILES string of the molecule is COc1ccc(C(=O)CC2(O)C(=O)N(CN3CCCCCC3)c3ccccc32)cc1OC. The van der Waals surface area contributed by atoms with Crippen LogP contribution in [-0.2, 0) is 10.4 Å². The number of para-hydroxylation sites is 1. The van der Waals surface area contributed by atoms with Crippen LogP contribution in [0.25, 0.3) is 0 Å². The molecule has 0 saturated carbocycles. The van der Waals surface area contributed by atoms with Crippen LogP contribution in [0.15, 0.2) is 42.5 Å². The van der Waals surface area contributed by atoms with Gasteiger partial charge in [-0.3, -0.25) is 19.4 Å². The summed E-state index contributed by atoms with van der Waals surface area (Å²) in [6.07, 6.45) is 4.27. The van der Waals surface area contributed by atoms with E-state index in [1.165, 1.54) is 27.1 Å². The molecule has 170 valence electrons. The number of amides is 1. The summed E-state index contributed by atoms with van der Waals surface area (Å²) in [5.74, 6) is 0.143. The first-order chi connectivity index (χ1) is 15.5. The predicted octanol–water partition coefficient (Wildman–Crippen LogP) is 3.34. The van der Waals surface area contributed by atoms with E-state index < -0.39 is 11.5 Å². The van der Waals surface area contributed by atoms with Gasteiger partial charge in [-0.25, -0.2) is 0 Å². The lowest BCUT2D eigenvalue weighted by Gasteiger charge is -2.28. The lowest BCUT2D eigenvalue weighted by Crippen LogP contribution is -2.46. The summed E-state index contributed by atoms with van der Waals surface area (Å²) in [6, 6.07) is 12.0. The van der Waals surface area contributed by atoms with Crippen LogP contribution in [0.4, 0.5) is 5.69 Å². The van der Waals surface area contributed by atoms with Crippen molar-refractivity contribution < 1.29 is 24.2 Å². The second kappa shape index (κ2) is 9.30. The molecule has 1 unspecified atom stereocenters. The Kier molecular flexibility index (Phi) is 6.48. The highest BCUT2D eigenvalue weighted by Crippen LogP contribution is 2.43. The smallest absolute Gasteiger partial charge is 0.265 e. The van der Waals surface area contributed by atoms with E-state index in [0.717, 1.165) is 25.9 Å². The highest BCUT2D eigenvalue weighted by Gasteiger charge is 2.51. The largest absolute Gasteiger partial charge is 0.493 e. The average Bonchev–Trinajstić information content (AvgIpc) is 2.99. The fourth-order valence-electron chi connectivity index (χ4n) is 4.64. The summed E-state index contributed by atoms with van der Waals surface area (Å²) in [5, 5.41) is 11.5. The number of carbonyl (C=O) groups is 2. The van der Waals surface area contributed by atoms with Crippen molar-refractivity contribution in [1.29, 1.82) is 0 Å². The third kappa shape index (κ3) is 4.10. The van der Waals surface area contributed by atoms with Crippen molar-refractivity contribution in [2.45, 2.75) is 37.7 Å². The Hall–Kier alpha value is -2.90. The number of ketones is 1. The van der Waals surface area contributed by atoms with E-state index in [-0.39, 0.29) is 12.2 Å². The van der Waals surface area contributed by atoms with Gasteiger partial charge in [0.1, 0.15) is 0 Å². The predicted molar refractivity (Wildman–Crippen MR) is 121 cm³/mol. The molecule has 32 heavy (non-hydrogen) atoms. The van der Waals surface area contributed by atoms with Gasteiger partial charge in [-0.2, -0.15) is 0 Å². The van der Waals surface area contributed by atoms with Crippen LogP contribution < -0.4 is 14.4 Å². The second-order valence-electron chi connectivity index (χ2n) is 8.45. The Bertz CT molecular complexity index is 1000. The van der Waals surface area contributed by atoms with E-state index in [1.54, 1.807) is 35.2 Å².